The van der Waals surface area contributed by atoms with Crippen LogP contribution < -0.4 is 5.43 Å². The van der Waals surface area contributed by atoms with Crippen LogP contribution >= 0.6 is 11.3 Å². The zero-order chi connectivity index (χ0) is 16.1. The molecule has 1 heterocycles. The van der Waals surface area contributed by atoms with E-state index in [1.807, 2.05) is 43.3 Å². The summed E-state index contributed by atoms with van der Waals surface area (Å²) in [5, 5.41) is 1.74. The van der Waals surface area contributed by atoms with Gasteiger partial charge in [-0.2, -0.15) is 0 Å². The summed E-state index contributed by atoms with van der Waals surface area (Å²) in [6, 6.07) is 14.0. The minimum absolute atomic E-state index is 0.170. The molecular weight excluding hydrogens is 292 g/mol. The van der Waals surface area contributed by atoms with Crippen molar-refractivity contribution in [1.82, 2.24) is 0 Å². The van der Waals surface area contributed by atoms with Gasteiger partial charge < -0.3 is 4.79 Å². The molecule has 0 saturated heterocycles. The van der Waals surface area contributed by atoms with Gasteiger partial charge >= 0.3 is 0 Å². The summed E-state index contributed by atoms with van der Waals surface area (Å²) < 4.78 is 2.15. The standard InChI is InChI=1S/C16H14OS.C3H6O/c1-10(2)11-7-5-9-14-15(11)16(17)12-6-3-4-8-13(12)18-14;1-2-3-4/h3-10H,1-2H3;3H,2H2,1H3. The fourth-order valence-corrected chi connectivity index (χ4v) is 3.47. The number of hydrogen-bond donors (Lipinski definition) is 0. The van der Waals surface area contributed by atoms with Crippen LogP contribution in [0.5, 0.6) is 0 Å². The Labute approximate surface area is 134 Å². The number of carbonyl (C=O) groups is 1. The predicted molar refractivity (Wildman–Crippen MR) is 96.0 cm³/mol. The van der Waals surface area contributed by atoms with Crippen molar-refractivity contribution in [3.8, 4) is 0 Å². The van der Waals surface area contributed by atoms with E-state index >= 15 is 0 Å². The van der Waals surface area contributed by atoms with Crippen molar-refractivity contribution < 1.29 is 4.79 Å². The number of hydrogen-bond acceptors (Lipinski definition) is 3. The second-order valence-corrected chi connectivity index (χ2v) is 6.46. The van der Waals surface area contributed by atoms with E-state index in [2.05, 4.69) is 19.9 Å². The summed E-state index contributed by atoms with van der Waals surface area (Å²) in [4.78, 5) is 21.8. The van der Waals surface area contributed by atoms with Crippen LogP contribution in [0.2, 0.25) is 0 Å². The normalized spacial score (nSPS) is 10.5. The van der Waals surface area contributed by atoms with E-state index in [9.17, 15) is 9.59 Å². The molecular formula is C19H20O2S. The zero-order valence-corrected chi connectivity index (χ0v) is 13.9. The van der Waals surface area contributed by atoms with Gasteiger partial charge in [0.05, 0.1) is 0 Å². The van der Waals surface area contributed by atoms with Crippen molar-refractivity contribution >= 4 is 37.8 Å². The Bertz CT molecular complexity index is 847. The molecule has 0 aliphatic heterocycles. The lowest BCUT2D eigenvalue weighted by Gasteiger charge is -2.09. The molecule has 2 aromatic carbocycles. The molecule has 0 aliphatic rings. The van der Waals surface area contributed by atoms with E-state index in [0.29, 0.717) is 12.3 Å². The van der Waals surface area contributed by atoms with Crippen LogP contribution in [0.25, 0.3) is 20.2 Å². The number of rotatable bonds is 2. The molecule has 0 radical (unpaired) electrons. The Hall–Kier alpha value is -2.00. The predicted octanol–water partition coefficient (Wildman–Crippen LogP) is 5.13. The quantitative estimate of drug-likeness (QED) is 0.485. The summed E-state index contributed by atoms with van der Waals surface area (Å²) in [7, 11) is 0. The second kappa shape index (κ2) is 7.32. The van der Waals surface area contributed by atoms with Crippen molar-refractivity contribution in [3.05, 3.63) is 58.3 Å². The zero-order valence-electron chi connectivity index (χ0n) is 13.1. The van der Waals surface area contributed by atoms with Gasteiger partial charge in [-0.1, -0.05) is 45.0 Å². The van der Waals surface area contributed by atoms with Crippen LogP contribution in [0, 0.1) is 0 Å². The summed E-state index contributed by atoms with van der Waals surface area (Å²) in [5.74, 6) is 0.370. The molecule has 0 fully saturated rings. The van der Waals surface area contributed by atoms with Crippen molar-refractivity contribution in [2.45, 2.75) is 33.1 Å². The Morgan fingerprint density at radius 1 is 1.05 bits per heavy atom. The molecule has 0 atom stereocenters. The number of aldehydes is 1. The van der Waals surface area contributed by atoms with E-state index in [1.54, 1.807) is 11.3 Å². The van der Waals surface area contributed by atoms with Crippen LogP contribution in [-0.4, -0.2) is 6.29 Å². The highest BCUT2D eigenvalue weighted by Crippen LogP contribution is 2.29. The van der Waals surface area contributed by atoms with Crippen molar-refractivity contribution in [2.24, 2.45) is 0 Å². The Morgan fingerprint density at radius 2 is 1.68 bits per heavy atom. The molecule has 3 aromatic rings. The SMILES string of the molecule is CC(C)c1cccc2sc3ccccc3c(=O)c12.CCC=O. The maximum absolute atomic E-state index is 12.6. The van der Waals surface area contributed by atoms with Crippen LogP contribution in [0.4, 0.5) is 0 Å². The smallest absolute Gasteiger partial charge is 0.196 e. The van der Waals surface area contributed by atoms with Crippen molar-refractivity contribution in [3.63, 3.8) is 0 Å². The van der Waals surface area contributed by atoms with Gasteiger partial charge in [0.2, 0.25) is 0 Å². The highest BCUT2D eigenvalue weighted by atomic mass is 32.1. The molecule has 1 aromatic heterocycles. The minimum atomic E-state index is 0.170. The maximum atomic E-state index is 12.6. The topological polar surface area (TPSA) is 34.1 Å². The number of carbonyl (C=O) groups excluding carboxylic acids is 1. The summed E-state index contributed by atoms with van der Waals surface area (Å²) >= 11 is 1.70. The lowest BCUT2D eigenvalue weighted by Crippen LogP contribution is -2.05. The van der Waals surface area contributed by atoms with Gasteiger partial charge in [0, 0.05) is 26.6 Å². The van der Waals surface area contributed by atoms with Gasteiger partial charge in [0.15, 0.2) is 5.43 Å². The maximum Gasteiger partial charge on any atom is 0.196 e. The van der Waals surface area contributed by atoms with Gasteiger partial charge in [-0.3, -0.25) is 4.79 Å². The van der Waals surface area contributed by atoms with Gasteiger partial charge in [-0.15, -0.1) is 11.3 Å². The van der Waals surface area contributed by atoms with Gasteiger partial charge in [0.25, 0.3) is 0 Å². The third-order valence-corrected chi connectivity index (χ3v) is 4.56. The number of fused-ring (bicyclic) bond motifs is 2. The Morgan fingerprint density at radius 3 is 2.32 bits per heavy atom. The van der Waals surface area contributed by atoms with Crippen LogP contribution in [0.15, 0.2) is 47.3 Å². The first-order chi connectivity index (χ1) is 10.6. The third-order valence-electron chi connectivity index (χ3n) is 3.43. The first-order valence-electron chi connectivity index (χ1n) is 7.48. The number of benzene rings is 2. The molecule has 3 rings (SSSR count). The molecule has 22 heavy (non-hydrogen) atoms. The van der Waals surface area contributed by atoms with E-state index < -0.39 is 0 Å². The van der Waals surface area contributed by atoms with E-state index in [4.69, 9.17) is 0 Å². The van der Waals surface area contributed by atoms with Crippen molar-refractivity contribution in [1.29, 1.82) is 0 Å². The van der Waals surface area contributed by atoms with Crippen LogP contribution in [0.3, 0.4) is 0 Å². The molecule has 114 valence electrons. The van der Waals surface area contributed by atoms with Crippen molar-refractivity contribution in [2.75, 3.05) is 0 Å². The van der Waals surface area contributed by atoms with E-state index in [1.165, 1.54) is 0 Å². The highest BCUT2D eigenvalue weighted by molar-refractivity contribution is 7.24. The lowest BCUT2D eigenvalue weighted by molar-refractivity contribution is -0.107. The molecule has 0 spiro atoms. The monoisotopic (exact) mass is 312 g/mol. The first-order valence-corrected chi connectivity index (χ1v) is 8.29. The third kappa shape index (κ3) is 3.25. The Balaban J connectivity index is 0.000000396. The van der Waals surface area contributed by atoms with Gasteiger partial charge in [-0.25, -0.2) is 0 Å². The van der Waals surface area contributed by atoms with Crippen LogP contribution in [-0.2, 0) is 4.79 Å². The van der Waals surface area contributed by atoms with E-state index in [-0.39, 0.29) is 5.43 Å². The fraction of sp³-hybridized carbons (Fsp3) is 0.263. The molecule has 0 saturated carbocycles. The molecule has 2 nitrogen and oxygen atoms in total. The van der Waals surface area contributed by atoms with Gasteiger partial charge in [0.1, 0.15) is 6.29 Å². The largest absolute Gasteiger partial charge is 0.303 e. The summed E-state index contributed by atoms with van der Waals surface area (Å²) in [6.07, 6.45) is 1.51. The average Bonchev–Trinajstić information content (AvgIpc) is 2.54. The van der Waals surface area contributed by atoms with E-state index in [0.717, 1.165) is 32.0 Å². The lowest BCUT2D eigenvalue weighted by atomic mass is 9.98. The molecule has 3 heteroatoms. The molecule has 0 bridgehead atoms. The molecule has 0 unspecified atom stereocenters. The first kappa shape index (κ1) is 16.4. The minimum Gasteiger partial charge on any atom is -0.303 e. The highest BCUT2D eigenvalue weighted by Gasteiger charge is 2.11. The van der Waals surface area contributed by atoms with Crippen LogP contribution in [0.1, 0.15) is 38.7 Å². The Kier molecular flexibility index (Phi) is 5.45. The summed E-state index contributed by atoms with van der Waals surface area (Å²) in [6.45, 7) is 6.08. The molecule has 0 amide bonds. The fourth-order valence-electron chi connectivity index (χ4n) is 2.35. The van der Waals surface area contributed by atoms with Gasteiger partial charge in [-0.05, 0) is 29.7 Å². The molecule has 0 N–H and O–H groups in total. The summed E-state index contributed by atoms with van der Waals surface area (Å²) in [5.41, 5.74) is 1.32. The average molecular weight is 312 g/mol. The molecule has 0 aliphatic carbocycles. The second-order valence-electron chi connectivity index (χ2n) is 5.38.